The molecule has 1 unspecified atom stereocenters. The molecule has 0 aromatic carbocycles. The van der Waals surface area contributed by atoms with Gasteiger partial charge < -0.3 is 15.3 Å². The number of nitrogens with zero attached hydrogens (tertiary/aromatic N) is 1. The van der Waals surface area contributed by atoms with Gasteiger partial charge in [-0.25, -0.2) is 0 Å². The number of aliphatic hydroxyl groups excluding tert-OH is 1. The topological polar surface area (TPSA) is 35.5 Å². The van der Waals surface area contributed by atoms with Gasteiger partial charge in [0.1, 0.15) is 0 Å². The van der Waals surface area contributed by atoms with E-state index in [2.05, 4.69) is 17.1 Å². The molecule has 0 bridgehead atoms. The van der Waals surface area contributed by atoms with Crippen molar-refractivity contribution in [2.45, 2.75) is 38.1 Å². The SMILES string of the molecule is CCN1CCC(C2(CO)CCCN2)CC1. The lowest BCUT2D eigenvalue weighted by Crippen LogP contribution is -2.53. The summed E-state index contributed by atoms with van der Waals surface area (Å²) in [6, 6.07) is 0. The van der Waals surface area contributed by atoms with E-state index in [-0.39, 0.29) is 5.54 Å². The molecule has 2 N–H and O–H groups in total. The molecule has 15 heavy (non-hydrogen) atoms. The van der Waals surface area contributed by atoms with Crippen molar-refractivity contribution >= 4 is 0 Å². The van der Waals surface area contributed by atoms with Crippen LogP contribution in [0.2, 0.25) is 0 Å². The molecule has 0 aliphatic carbocycles. The molecule has 1 atom stereocenters. The summed E-state index contributed by atoms with van der Waals surface area (Å²) >= 11 is 0. The maximum Gasteiger partial charge on any atom is 0.0616 e. The fraction of sp³-hybridized carbons (Fsp3) is 1.00. The van der Waals surface area contributed by atoms with Gasteiger partial charge in [0.15, 0.2) is 0 Å². The monoisotopic (exact) mass is 212 g/mol. The maximum absolute atomic E-state index is 9.62. The minimum Gasteiger partial charge on any atom is -0.394 e. The van der Waals surface area contributed by atoms with Crippen molar-refractivity contribution in [3.05, 3.63) is 0 Å². The quantitative estimate of drug-likeness (QED) is 0.727. The molecule has 0 aromatic rings. The normalized spacial score (nSPS) is 34.8. The van der Waals surface area contributed by atoms with Crippen LogP contribution >= 0.6 is 0 Å². The van der Waals surface area contributed by atoms with Gasteiger partial charge in [-0.15, -0.1) is 0 Å². The predicted molar refractivity (Wildman–Crippen MR) is 61.9 cm³/mol. The zero-order chi connectivity index (χ0) is 10.7. The third kappa shape index (κ3) is 2.19. The molecular weight excluding hydrogens is 188 g/mol. The van der Waals surface area contributed by atoms with E-state index in [0.717, 1.165) is 6.54 Å². The number of likely N-dealkylation sites (tertiary alicyclic amines) is 1. The zero-order valence-electron chi connectivity index (χ0n) is 9.84. The van der Waals surface area contributed by atoms with Gasteiger partial charge in [0.05, 0.1) is 6.61 Å². The molecule has 88 valence electrons. The first-order chi connectivity index (χ1) is 7.30. The second-order valence-electron chi connectivity index (χ2n) is 5.05. The molecule has 0 radical (unpaired) electrons. The van der Waals surface area contributed by atoms with Crippen LogP contribution in [0, 0.1) is 5.92 Å². The van der Waals surface area contributed by atoms with E-state index in [4.69, 9.17) is 0 Å². The Kier molecular flexibility index (Phi) is 3.65. The Morgan fingerprint density at radius 1 is 1.40 bits per heavy atom. The minimum absolute atomic E-state index is 0.0693. The molecule has 3 nitrogen and oxygen atoms in total. The molecule has 0 spiro atoms. The molecule has 0 aromatic heterocycles. The highest BCUT2D eigenvalue weighted by Crippen LogP contribution is 2.34. The highest BCUT2D eigenvalue weighted by molar-refractivity contribution is 4.99. The molecular formula is C12H24N2O. The van der Waals surface area contributed by atoms with Crippen molar-refractivity contribution in [2.24, 2.45) is 5.92 Å². The third-order valence-corrected chi connectivity index (χ3v) is 4.38. The first-order valence-corrected chi connectivity index (χ1v) is 6.39. The van der Waals surface area contributed by atoms with Gasteiger partial charge in [-0.2, -0.15) is 0 Å². The van der Waals surface area contributed by atoms with Crippen LogP contribution in [0.5, 0.6) is 0 Å². The smallest absolute Gasteiger partial charge is 0.0616 e. The highest BCUT2D eigenvalue weighted by Gasteiger charge is 2.41. The van der Waals surface area contributed by atoms with Crippen molar-refractivity contribution in [1.82, 2.24) is 10.2 Å². The minimum atomic E-state index is 0.0693. The van der Waals surface area contributed by atoms with Crippen molar-refractivity contribution in [3.63, 3.8) is 0 Å². The average molecular weight is 212 g/mol. The van der Waals surface area contributed by atoms with Crippen LogP contribution in [-0.4, -0.2) is 48.3 Å². The Morgan fingerprint density at radius 2 is 2.13 bits per heavy atom. The van der Waals surface area contributed by atoms with Crippen LogP contribution in [0.15, 0.2) is 0 Å². The standard InChI is InChI=1S/C12H24N2O/c1-2-14-8-4-11(5-9-14)12(10-15)6-3-7-13-12/h11,13,15H,2-10H2,1H3. The Hall–Kier alpha value is -0.120. The second-order valence-corrected chi connectivity index (χ2v) is 5.05. The fourth-order valence-corrected chi connectivity index (χ4v) is 3.24. The Bertz CT molecular complexity index is 194. The van der Waals surface area contributed by atoms with Crippen LogP contribution in [-0.2, 0) is 0 Å². The lowest BCUT2D eigenvalue weighted by Gasteiger charge is -2.41. The summed E-state index contributed by atoms with van der Waals surface area (Å²) < 4.78 is 0. The van der Waals surface area contributed by atoms with Crippen molar-refractivity contribution in [1.29, 1.82) is 0 Å². The predicted octanol–water partition coefficient (Wildman–Crippen LogP) is 0.833. The number of piperidine rings is 1. The van der Waals surface area contributed by atoms with Gasteiger partial charge in [0.2, 0.25) is 0 Å². The van der Waals surface area contributed by atoms with Gasteiger partial charge in [-0.3, -0.25) is 0 Å². The van der Waals surface area contributed by atoms with Gasteiger partial charge >= 0.3 is 0 Å². The lowest BCUT2D eigenvalue weighted by atomic mass is 9.77. The van der Waals surface area contributed by atoms with Gasteiger partial charge in [-0.05, 0) is 57.8 Å². The second kappa shape index (κ2) is 4.81. The first-order valence-electron chi connectivity index (χ1n) is 6.39. The summed E-state index contributed by atoms with van der Waals surface area (Å²) in [5, 5.41) is 13.2. The Balaban J connectivity index is 1.93. The summed E-state index contributed by atoms with van der Waals surface area (Å²) in [6.45, 7) is 7.25. The van der Waals surface area contributed by atoms with Crippen LogP contribution < -0.4 is 5.32 Å². The Morgan fingerprint density at radius 3 is 2.60 bits per heavy atom. The van der Waals surface area contributed by atoms with E-state index in [1.165, 1.54) is 45.3 Å². The number of aliphatic hydroxyl groups is 1. The number of nitrogens with one attached hydrogen (secondary N) is 1. The van der Waals surface area contributed by atoms with Crippen LogP contribution in [0.3, 0.4) is 0 Å². The highest BCUT2D eigenvalue weighted by atomic mass is 16.3. The van der Waals surface area contributed by atoms with Crippen LogP contribution in [0.1, 0.15) is 32.6 Å². The van der Waals surface area contributed by atoms with Gasteiger partial charge in [-0.1, -0.05) is 6.92 Å². The fourth-order valence-electron chi connectivity index (χ4n) is 3.24. The number of hydrogen-bond donors (Lipinski definition) is 2. The van der Waals surface area contributed by atoms with Crippen LogP contribution in [0.4, 0.5) is 0 Å². The molecule has 2 fully saturated rings. The van der Waals surface area contributed by atoms with E-state index >= 15 is 0 Å². The lowest BCUT2D eigenvalue weighted by molar-refractivity contribution is 0.0715. The van der Waals surface area contributed by atoms with E-state index in [1.54, 1.807) is 0 Å². The van der Waals surface area contributed by atoms with E-state index < -0.39 is 0 Å². The molecule has 2 aliphatic rings. The van der Waals surface area contributed by atoms with E-state index in [1.807, 2.05) is 0 Å². The van der Waals surface area contributed by atoms with Crippen molar-refractivity contribution in [2.75, 3.05) is 32.8 Å². The van der Waals surface area contributed by atoms with Gasteiger partial charge in [0, 0.05) is 5.54 Å². The average Bonchev–Trinajstić information content (AvgIpc) is 2.79. The maximum atomic E-state index is 9.62. The van der Waals surface area contributed by atoms with Crippen LogP contribution in [0.25, 0.3) is 0 Å². The van der Waals surface area contributed by atoms with Gasteiger partial charge in [0.25, 0.3) is 0 Å². The largest absolute Gasteiger partial charge is 0.394 e. The third-order valence-electron chi connectivity index (χ3n) is 4.38. The summed E-state index contributed by atoms with van der Waals surface area (Å²) in [5.74, 6) is 0.688. The Labute approximate surface area is 92.8 Å². The van der Waals surface area contributed by atoms with Crippen molar-refractivity contribution in [3.8, 4) is 0 Å². The summed E-state index contributed by atoms with van der Waals surface area (Å²) in [7, 11) is 0. The summed E-state index contributed by atoms with van der Waals surface area (Å²) in [4.78, 5) is 2.51. The molecule has 2 rings (SSSR count). The first kappa shape index (κ1) is 11.4. The molecule has 3 heteroatoms. The summed E-state index contributed by atoms with van der Waals surface area (Å²) in [5.41, 5.74) is 0.0693. The number of rotatable bonds is 3. The molecule has 0 amide bonds. The zero-order valence-corrected chi connectivity index (χ0v) is 9.84. The molecule has 0 saturated carbocycles. The van der Waals surface area contributed by atoms with E-state index in [0.29, 0.717) is 12.5 Å². The molecule has 2 aliphatic heterocycles. The molecule has 2 heterocycles. The summed E-state index contributed by atoms with van der Waals surface area (Å²) in [6.07, 6.45) is 4.90. The number of hydrogen-bond acceptors (Lipinski definition) is 3. The van der Waals surface area contributed by atoms with E-state index in [9.17, 15) is 5.11 Å². The van der Waals surface area contributed by atoms with Crippen molar-refractivity contribution < 1.29 is 5.11 Å². The molecule has 2 saturated heterocycles.